The molecule has 0 N–H and O–H groups in total. The van der Waals surface area contributed by atoms with Gasteiger partial charge in [-0.1, -0.05) is 35.5 Å². The Morgan fingerprint density at radius 1 is 1.38 bits per heavy atom. The number of aryl methyl sites for hydroxylation is 1. The third-order valence-electron chi connectivity index (χ3n) is 3.58. The first-order valence-corrected chi connectivity index (χ1v) is 8.69. The molecule has 1 aromatic heterocycles. The van der Waals surface area contributed by atoms with Crippen molar-refractivity contribution >= 4 is 17.7 Å². The largest absolute Gasteiger partial charge is 0.383 e. The summed E-state index contributed by atoms with van der Waals surface area (Å²) in [7, 11) is 5.18. The lowest BCUT2D eigenvalue weighted by Gasteiger charge is -2.16. The van der Waals surface area contributed by atoms with Crippen LogP contribution in [-0.2, 0) is 16.1 Å². The van der Waals surface area contributed by atoms with Crippen LogP contribution in [0, 0.1) is 6.92 Å². The van der Waals surface area contributed by atoms with Crippen molar-refractivity contribution < 1.29 is 9.53 Å². The average molecular weight is 348 g/mol. The number of carbonyl (C=O) groups is 1. The van der Waals surface area contributed by atoms with Crippen LogP contribution in [0.15, 0.2) is 29.4 Å². The maximum Gasteiger partial charge on any atom is 0.235 e. The number of amides is 1. The van der Waals surface area contributed by atoms with Gasteiger partial charge >= 0.3 is 0 Å². The van der Waals surface area contributed by atoms with Crippen molar-refractivity contribution in [1.82, 2.24) is 19.7 Å². The molecular weight excluding hydrogens is 324 g/mol. The standard InChI is InChI=1S/C17H24N4O2S/c1-12-7-6-8-14(11-12)15-18-19-17(21(15)9-10-23-5)24-13(2)16(22)20(3)4/h6-8,11,13H,9-10H2,1-5H3. The number of thioether (sulfide) groups is 1. The maximum absolute atomic E-state index is 12.1. The molecule has 0 aliphatic carbocycles. The SMILES string of the molecule is COCCn1c(SC(C)C(=O)N(C)C)nnc1-c1cccc(C)c1. The quantitative estimate of drug-likeness (QED) is 0.720. The fourth-order valence-corrected chi connectivity index (χ4v) is 3.35. The van der Waals surface area contributed by atoms with Gasteiger partial charge in [-0.05, 0) is 19.9 Å². The predicted octanol–water partition coefficient (Wildman–Crippen LogP) is 2.47. The van der Waals surface area contributed by atoms with E-state index in [9.17, 15) is 4.79 Å². The molecule has 1 unspecified atom stereocenters. The van der Waals surface area contributed by atoms with Gasteiger partial charge in [0.15, 0.2) is 11.0 Å². The van der Waals surface area contributed by atoms with Gasteiger partial charge in [0, 0.05) is 26.8 Å². The normalized spacial score (nSPS) is 12.2. The number of benzene rings is 1. The van der Waals surface area contributed by atoms with Gasteiger partial charge in [0.05, 0.1) is 18.4 Å². The molecule has 24 heavy (non-hydrogen) atoms. The van der Waals surface area contributed by atoms with E-state index in [-0.39, 0.29) is 11.2 Å². The molecule has 0 spiro atoms. The Morgan fingerprint density at radius 3 is 2.75 bits per heavy atom. The van der Waals surface area contributed by atoms with Crippen molar-refractivity contribution in [2.45, 2.75) is 30.8 Å². The number of nitrogens with zero attached hydrogens (tertiary/aromatic N) is 4. The number of carbonyl (C=O) groups excluding carboxylic acids is 1. The van der Waals surface area contributed by atoms with E-state index in [1.165, 1.54) is 17.3 Å². The van der Waals surface area contributed by atoms with E-state index in [0.717, 1.165) is 16.5 Å². The number of methoxy groups -OCH3 is 1. The zero-order chi connectivity index (χ0) is 17.7. The van der Waals surface area contributed by atoms with Gasteiger partial charge < -0.3 is 9.64 Å². The minimum atomic E-state index is -0.226. The smallest absolute Gasteiger partial charge is 0.235 e. The first-order chi connectivity index (χ1) is 11.4. The Morgan fingerprint density at radius 2 is 2.12 bits per heavy atom. The van der Waals surface area contributed by atoms with Crippen LogP contribution in [0.2, 0.25) is 0 Å². The molecule has 1 aromatic carbocycles. The van der Waals surface area contributed by atoms with Crippen LogP contribution in [0.25, 0.3) is 11.4 Å². The summed E-state index contributed by atoms with van der Waals surface area (Å²) in [5.74, 6) is 0.848. The molecule has 2 aromatic rings. The van der Waals surface area contributed by atoms with Crippen LogP contribution in [0.4, 0.5) is 0 Å². The summed E-state index contributed by atoms with van der Waals surface area (Å²) in [6.07, 6.45) is 0. The molecule has 0 aliphatic heterocycles. The van der Waals surface area contributed by atoms with Gasteiger partial charge in [0.1, 0.15) is 0 Å². The molecule has 1 amide bonds. The summed E-state index contributed by atoms with van der Waals surface area (Å²) in [6.45, 7) is 5.12. The Labute approximate surface area is 147 Å². The second-order valence-corrected chi connectivity index (χ2v) is 7.12. The minimum Gasteiger partial charge on any atom is -0.383 e. The first kappa shape index (κ1) is 18.5. The summed E-state index contributed by atoms with van der Waals surface area (Å²) in [5, 5.41) is 9.16. The van der Waals surface area contributed by atoms with E-state index in [0.29, 0.717) is 13.2 Å². The summed E-state index contributed by atoms with van der Waals surface area (Å²) in [5.41, 5.74) is 2.18. The van der Waals surface area contributed by atoms with Gasteiger partial charge in [-0.3, -0.25) is 9.36 Å². The number of hydrogen-bond acceptors (Lipinski definition) is 5. The Hall–Kier alpha value is -1.86. The lowest BCUT2D eigenvalue weighted by Crippen LogP contribution is -2.29. The predicted molar refractivity (Wildman–Crippen MR) is 96.1 cm³/mol. The molecule has 7 heteroatoms. The minimum absolute atomic E-state index is 0.0541. The number of ether oxygens (including phenoxy) is 1. The molecule has 0 radical (unpaired) electrons. The van der Waals surface area contributed by atoms with Crippen molar-refractivity contribution in [3.63, 3.8) is 0 Å². The second-order valence-electron chi connectivity index (χ2n) is 5.81. The zero-order valence-corrected chi connectivity index (χ0v) is 15.6. The van der Waals surface area contributed by atoms with Crippen molar-refractivity contribution in [2.24, 2.45) is 0 Å². The average Bonchev–Trinajstić information content (AvgIpc) is 2.94. The molecule has 2 rings (SSSR count). The van der Waals surface area contributed by atoms with Gasteiger partial charge in [0.2, 0.25) is 5.91 Å². The van der Waals surface area contributed by atoms with Gasteiger partial charge in [0.25, 0.3) is 0 Å². The van der Waals surface area contributed by atoms with Gasteiger partial charge in [-0.25, -0.2) is 0 Å². The van der Waals surface area contributed by atoms with Crippen LogP contribution in [0.3, 0.4) is 0 Å². The molecule has 0 saturated carbocycles. The molecular formula is C17H24N4O2S. The van der Waals surface area contributed by atoms with Crippen LogP contribution in [0.1, 0.15) is 12.5 Å². The van der Waals surface area contributed by atoms with Crippen LogP contribution in [-0.4, -0.2) is 58.6 Å². The number of hydrogen-bond donors (Lipinski definition) is 0. The van der Waals surface area contributed by atoms with Crippen LogP contribution < -0.4 is 0 Å². The highest BCUT2D eigenvalue weighted by Gasteiger charge is 2.21. The molecule has 0 saturated heterocycles. The Kier molecular flexibility index (Phi) is 6.39. The van der Waals surface area contributed by atoms with Crippen molar-refractivity contribution in [1.29, 1.82) is 0 Å². The number of aromatic nitrogens is 3. The molecule has 0 bridgehead atoms. The highest BCUT2D eigenvalue weighted by Crippen LogP contribution is 2.27. The lowest BCUT2D eigenvalue weighted by molar-refractivity contribution is -0.127. The van der Waals surface area contributed by atoms with E-state index in [1.54, 1.807) is 26.1 Å². The summed E-state index contributed by atoms with van der Waals surface area (Å²) < 4.78 is 7.23. The van der Waals surface area contributed by atoms with E-state index in [1.807, 2.05) is 36.6 Å². The van der Waals surface area contributed by atoms with E-state index < -0.39 is 0 Å². The van der Waals surface area contributed by atoms with E-state index >= 15 is 0 Å². The summed E-state index contributed by atoms with van der Waals surface area (Å²) in [6, 6.07) is 8.15. The molecule has 0 aliphatic rings. The van der Waals surface area contributed by atoms with Crippen molar-refractivity contribution in [2.75, 3.05) is 27.8 Å². The topological polar surface area (TPSA) is 60.2 Å². The van der Waals surface area contributed by atoms with Gasteiger partial charge in [-0.2, -0.15) is 0 Å². The van der Waals surface area contributed by atoms with Crippen LogP contribution >= 0.6 is 11.8 Å². The summed E-state index contributed by atoms with van der Waals surface area (Å²) >= 11 is 1.42. The Balaban J connectivity index is 2.33. The second kappa shape index (κ2) is 8.30. The molecule has 1 atom stereocenters. The van der Waals surface area contributed by atoms with E-state index in [2.05, 4.69) is 16.3 Å². The lowest BCUT2D eigenvalue weighted by atomic mass is 10.1. The molecule has 130 valence electrons. The maximum atomic E-state index is 12.1. The zero-order valence-electron chi connectivity index (χ0n) is 14.8. The Bertz CT molecular complexity index is 700. The first-order valence-electron chi connectivity index (χ1n) is 7.81. The molecule has 1 heterocycles. The van der Waals surface area contributed by atoms with Crippen molar-refractivity contribution in [3.05, 3.63) is 29.8 Å². The van der Waals surface area contributed by atoms with E-state index in [4.69, 9.17) is 4.74 Å². The van der Waals surface area contributed by atoms with Gasteiger partial charge in [-0.15, -0.1) is 10.2 Å². The molecule has 0 fully saturated rings. The summed E-state index contributed by atoms with van der Waals surface area (Å²) in [4.78, 5) is 13.7. The highest BCUT2D eigenvalue weighted by molar-refractivity contribution is 8.00. The van der Waals surface area contributed by atoms with Crippen LogP contribution in [0.5, 0.6) is 0 Å². The fourth-order valence-electron chi connectivity index (χ4n) is 2.33. The van der Waals surface area contributed by atoms with Crippen molar-refractivity contribution in [3.8, 4) is 11.4 Å². The fraction of sp³-hybridized carbons (Fsp3) is 0.471. The molecule has 6 nitrogen and oxygen atoms in total. The highest BCUT2D eigenvalue weighted by atomic mass is 32.2. The monoisotopic (exact) mass is 348 g/mol. The third-order valence-corrected chi connectivity index (χ3v) is 4.65. The third kappa shape index (κ3) is 4.36. The number of rotatable bonds is 7.